The van der Waals surface area contributed by atoms with E-state index in [-0.39, 0.29) is 0 Å². The molecule has 0 saturated heterocycles. The number of nitrogens with zero attached hydrogens (tertiary/aromatic N) is 3. The van der Waals surface area contributed by atoms with Crippen molar-refractivity contribution in [2.75, 3.05) is 0 Å². The summed E-state index contributed by atoms with van der Waals surface area (Å²) in [6, 6.07) is 88.5. The van der Waals surface area contributed by atoms with Gasteiger partial charge in [-0.2, -0.15) is 0 Å². The minimum Gasteiger partial charge on any atom is -0.452 e. The third-order valence-corrected chi connectivity index (χ3v) is 13.2. The van der Waals surface area contributed by atoms with E-state index in [1.165, 1.54) is 33.0 Å². The third kappa shape index (κ3) is 6.78. The van der Waals surface area contributed by atoms with Crippen LogP contribution in [0.1, 0.15) is 0 Å². The van der Waals surface area contributed by atoms with Gasteiger partial charge in [0.05, 0.1) is 16.7 Å². The molecule has 0 bridgehead atoms. The average molecular weight is 868 g/mol. The second-order valence-corrected chi connectivity index (χ2v) is 17.3. The molecule has 4 nitrogen and oxygen atoms in total. The van der Waals surface area contributed by atoms with Crippen LogP contribution in [0.4, 0.5) is 0 Å². The summed E-state index contributed by atoms with van der Waals surface area (Å²) in [5.74, 6) is 0.642. The van der Waals surface area contributed by atoms with Gasteiger partial charge in [-0.25, -0.2) is 9.97 Å². The number of fused-ring (bicyclic) bond motifs is 6. The SMILES string of the molecule is c1ccc(-c2ccc(-c3cc(-c4nc(-c5ccccc5)nc5c4oc4ccccc45)cc(-c4ccc(-c5ccccc5)cc4)c3-n3c4ccccc4c4cc(-c5ccccc5)ccc43)cc2)cc1. The summed E-state index contributed by atoms with van der Waals surface area (Å²) in [5.41, 5.74) is 19.4. The lowest BCUT2D eigenvalue weighted by Gasteiger charge is -2.21. The number of aromatic nitrogens is 3. The number of para-hydroxylation sites is 2. The van der Waals surface area contributed by atoms with Gasteiger partial charge >= 0.3 is 0 Å². The van der Waals surface area contributed by atoms with Gasteiger partial charge in [0.1, 0.15) is 16.8 Å². The van der Waals surface area contributed by atoms with Crippen LogP contribution in [0.3, 0.4) is 0 Å². The normalized spacial score (nSPS) is 11.5. The summed E-state index contributed by atoms with van der Waals surface area (Å²) in [7, 11) is 0. The topological polar surface area (TPSA) is 43.9 Å². The number of hydrogen-bond acceptors (Lipinski definition) is 3. The van der Waals surface area contributed by atoms with E-state index in [0.29, 0.717) is 11.4 Å². The number of benzene rings is 10. The Hall–Kier alpha value is -9.12. The number of furan rings is 1. The first-order chi connectivity index (χ1) is 33.7. The molecule has 10 aromatic carbocycles. The third-order valence-electron chi connectivity index (χ3n) is 13.2. The largest absolute Gasteiger partial charge is 0.452 e. The van der Waals surface area contributed by atoms with Gasteiger partial charge in [-0.1, -0.05) is 206 Å². The van der Waals surface area contributed by atoms with E-state index in [0.717, 1.165) is 83.4 Å². The summed E-state index contributed by atoms with van der Waals surface area (Å²) in [4.78, 5) is 10.6. The van der Waals surface area contributed by atoms with Gasteiger partial charge in [0.15, 0.2) is 11.4 Å². The molecule has 0 unspecified atom stereocenters. The lowest BCUT2D eigenvalue weighted by Crippen LogP contribution is -2.03. The van der Waals surface area contributed by atoms with Crippen molar-refractivity contribution < 1.29 is 4.42 Å². The van der Waals surface area contributed by atoms with Crippen LogP contribution in [-0.2, 0) is 0 Å². The van der Waals surface area contributed by atoms with E-state index in [4.69, 9.17) is 14.4 Å². The van der Waals surface area contributed by atoms with Crippen LogP contribution >= 0.6 is 0 Å². The zero-order chi connectivity index (χ0) is 45.0. The summed E-state index contributed by atoms with van der Waals surface area (Å²) >= 11 is 0. The molecule has 3 aromatic heterocycles. The second-order valence-electron chi connectivity index (χ2n) is 17.3. The summed E-state index contributed by atoms with van der Waals surface area (Å²) in [6.07, 6.45) is 0. The van der Waals surface area contributed by atoms with E-state index < -0.39 is 0 Å². The van der Waals surface area contributed by atoms with Gasteiger partial charge < -0.3 is 8.98 Å². The van der Waals surface area contributed by atoms with Crippen molar-refractivity contribution in [2.45, 2.75) is 0 Å². The second kappa shape index (κ2) is 16.4. The maximum Gasteiger partial charge on any atom is 0.180 e. The van der Waals surface area contributed by atoms with E-state index >= 15 is 0 Å². The lowest BCUT2D eigenvalue weighted by atomic mass is 9.90. The molecule has 13 rings (SSSR count). The fraction of sp³-hybridized carbons (Fsp3) is 0. The molecule has 0 radical (unpaired) electrons. The molecular formula is C64H41N3O. The van der Waals surface area contributed by atoms with Crippen LogP contribution < -0.4 is 0 Å². The van der Waals surface area contributed by atoms with Crippen LogP contribution in [0, 0.1) is 0 Å². The van der Waals surface area contributed by atoms with Crippen molar-refractivity contribution in [3.8, 4) is 84.0 Å². The van der Waals surface area contributed by atoms with Gasteiger partial charge in [-0.05, 0) is 87.0 Å². The molecule has 0 atom stereocenters. The molecule has 0 aliphatic carbocycles. The molecule has 3 heterocycles. The first-order valence-electron chi connectivity index (χ1n) is 23.1. The Morgan fingerprint density at radius 1 is 0.309 bits per heavy atom. The van der Waals surface area contributed by atoms with Crippen molar-refractivity contribution in [1.82, 2.24) is 14.5 Å². The minimum absolute atomic E-state index is 0.642. The molecule has 0 amide bonds. The monoisotopic (exact) mass is 867 g/mol. The Morgan fingerprint density at radius 3 is 1.34 bits per heavy atom. The summed E-state index contributed by atoms with van der Waals surface area (Å²) in [5, 5.41) is 3.33. The molecular weight excluding hydrogens is 827 g/mol. The lowest BCUT2D eigenvalue weighted by molar-refractivity contribution is 0.667. The molecule has 4 heteroatoms. The predicted octanol–water partition coefficient (Wildman–Crippen LogP) is 17.1. The van der Waals surface area contributed by atoms with E-state index in [1.807, 2.05) is 36.4 Å². The standard InChI is InChI=1S/C64H41N3O/c1-5-17-42(18-6-1)45-29-33-47(34-30-45)54-40-51(60-63-61(53-26-14-16-28-59(53)68-63)66-64(65-60)49-23-11-4-12-24-49)41-55(48-35-31-46(32-36-48)43-19-7-2-8-20-43)62(54)67-57-27-15-13-25-52(57)56-39-50(37-38-58(56)67)44-21-9-3-10-22-44/h1-41H. The van der Waals surface area contributed by atoms with Crippen LogP contribution in [0.2, 0.25) is 0 Å². The van der Waals surface area contributed by atoms with Gasteiger partial charge in [0.25, 0.3) is 0 Å². The maximum absolute atomic E-state index is 6.78. The van der Waals surface area contributed by atoms with Gasteiger partial charge in [0.2, 0.25) is 0 Å². The molecule has 0 aliphatic heterocycles. The Labute approximate surface area is 393 Å². The van der Waals surface area contributed by atoms with Crippen molar-refractivity contribution in [3.63, 3.8) is 0 Å². The number of rotatable bonds is 8. The Kier molecular flexibility index (Phi) is 9.47. The Bertz CT molecular complexity index is 3870. The van der Waals surface area contributed by atoms with Gasteiger partial charge in [-0.3, -0.25) is 0 Å². The fourth-order valence-corrected chi connectivity index (χ4v) is 9.92. The molecule has 318 valence electrons. The molecule has 0 spiro atoms. The molecule has 0 aliphatic rings. The first kappa shape index (κ1) is 39.3. The highest BCUT2D eigenvalue weighted by molar-refractivity contribution is 6.13. The van der Waals surface area contributed by atoms with Crippen LogP contribution in [-0.4, -0.2) is 14.5 Å². The Balaban J connectivity index is 1.15. The van der Waals surface area contributed by atoms with E-state index in [9.17, 15) is 0 Å². The van der Waals surface area contributed by atoms with Crippen molar-refractivity contribution in [3.05, 3.63) is 249 Å². The summed E-state index contributed by atoms with van der Waals surface area (Å²) in [6.45, 7) is 0. The van der Waals surface area contributed by atoms with E-state index in [2.05, 4.69) is 217 Å². The van der Waals surface area contributed by atoms with Crippen molar-refractivity contribution in [1.29, 1.82) is 0 Å². The zero-order valence-corrected chi connectivity index (χ0v) is 36.9. The van der Waals surface area contributed by atoms with Gasteiger partial charge in [-0.15, -0.1) is 0 Å². The first-order valence-corrected chi connectivity index (χ1v) is 23.1. The van der Waals surface area contributed by atoms with Crippen LogP contribution in [0.5, 0.6) is 0 Å². The molecule has 0 fully saturated rings. The number of hydrogen-bond donors (Lipinski definition) is 0. The smallest absolute Gasteiger partial charge is 0.180 e. The average Bonchev–Trinajstić information content (AvgIpc) is 3.97. The molecule has 68 heavy (non-hydrogen) atoms. The van der Waals surface area contributed by atoms with Crippen LogP contribution in [0.15, 0.2) is 253 Å². The molecule has 13 aromatic rings. The highest BCUT2D eigenvalue weighted by atomic mass is 16.3. The van der Waals surface area contributed by atoms with Gasteiger partial charge in [0, 0.05) is 38.4 Å². The minimum atomic E-state index is 0.642. The quantitative estimate of drug-likeness (QED) is 0.153. The molecule has 0 N–H and O–H groups in total. The van der Waals surface area contributed by atoms with E-state index in [1.54, 1.807) is 0 Å². The Morgan fingerprint density at radius 2 is 0.750 bits per heavy atom. The van der Waals surface area contributed by atoms with Crippen molar-refractivity contribution in [2.24, 2.45) is 0 Å². The zero-order valence-electron chi connectivity index (χ0n) is 36.9. The predicted molar refractivity (Wildman–Crippen MR) is 282 cm³/mol. The highest BCUT2D eigenvalue weighted by Crippen LogP contribution is 2.46. The highest BCUT2D eigenvalue weighted by Gasteiger charge is 2.25. The summed E-state index contributed by atoms with van der Waals surface area (Å²) < 4.78 is 9.27. The fourth-order valence-electron chi connectivity index (χ4n) is 9.92. The van der Waals surface area contributed by atoms with Crippen molar-refractivity contribution >= 4 is 43.9 Å². The van der Waals surface area contributed by atoms with Crippen LogP contribution in [0.25, 0.3) is 128 Å². The maximum atomic E-state index is 6.78. The molecule has 0 saturated carbocycles.